The standard InChI is InChI=1S/C15H11NO3/c17-14-11-8-4-5-9-12(11)19-13(15(18)16-14)10-6-2-1-3-7-10/h1-9,13H,(H,16,17,18)/t13-/m0/s1. The van der Waals surface area contributed by atoms with Crippen LogP contribution < -0.4 is 10.1 Å². The Hall–Kier alpha value is -2.62. The Balaban J connectivity index is 2.05. The summed E-state index contributed by atoms with van der Waals surface area (Å²) in [6.45, 7) is 0. The molecule has 0 radical (unpaired) electrons. The fourth-order valence-electron chi connectivity index (χ4n) is 2.03. The second-order valence-corrected chi connectivity index (χ2v) is 4.22. The molecule has 1 N–H and O–H groups in total. The van der Waals surface area contributed by atoms with Crippen LogP contribution in [0.15, 0.2) is 54.6 Å². The van der Waals surface area contributed by atoms with Crippen molar-refractivity contribution in [3.8, 4) is 5.75 Å². The minimum absolute atomic E-state index is 0.370. The van der Waals surface area contributed by atoms with Gasteiger partial charge in [0.2, 0.25) is 6.10 Å². The number of ether oxygens (including phenoxy) is 1. The molecule has 2 aromatic carbocycles. The first-order valence-electron chi connectivity index (χ1n) is 5.91. The predicted molar refractivity (Wildman–Crippen MR) is 68.7 cm³/mol. The van der Waals surface area contributed by atoms with Gasteiger partial charge in [0.15, 0.2) is 0 Å². The van der Waals surface area contributed by atoms with Crippen LogP contribution in [0.3, 0.4) is 0 Å². The summed E-state index contributed by atoms with van der Waals surface area (Å²) in [4.78, 5) is 23.9. The molecule has 19 heavy (non-hydrogen) atoms. The van der Waals surface area contributed by atoms with Crippen molar-refractivity contribution in [2.75, 3.05) is 0 Å². The van der Waals surface area contributed by atoms with Crippen molar-refractivity contribution >= 4 is 11.8 Å². The first kappa shape index (κ1) is 11.5. The number of fused-ring (bicyclic) bond motifs is 1. The van der Waals surface area contributed by atoms with E-state index >= 15 is 0 Å². The number of carbonyl (C=O) groups is 2. The molecule has 1 heterocycles. The minimum Gasteiger partial charge on any atom is -0.475 e. The fourth-order valence-corrected chi connectivity index (χ4v) is 2.03. The largest absolute Gasteiger partial charge is 0.475 e. The molecular formula is C15H11NO3. The van der Waals surface area contributed by atoms with Crippen molar-refractivity contribution < 1.29 is 14.3 Å². The minimum atomic E-state index is -0.811. The normalized spacial score (nSPS) is 18.0. The molecule has 2 amide bonds. The average Bonchev–Trinajstić information content (AvgIpc) is 2.57. The maximum Gasteiger partial charge on any atom is 0.272 e. The van der Waals surface area contributed by atoms with E-state index in [1.165, 1.54) is 0 Å². The van der Waals surface area contributed by atoms with E-state index in [9.17, 15) is 9.59 Å². The van der Waals surface area contributed by atoms with Gasteiger partial charge in [-0.15, -0.1) is 0 Å². The third-order valence-electron chi connectivity index (χ3n) is 2.95. The zero-order chi connectivity index (χ0) is 13.2. The Morgan fingerprint density at radius 2 is 1.58 bits per heavy atom. The highest BCUT2D eigenvalue weighted by Crippen LogP contribution is 2.28. The summed E-state index contributed by atoms with van der Waals surface area (Å²) in [7, 11) is 0. The Morgan fingerprint density at radius 1 is 0.895 bits per heavy atom. The zero-order valence-electron chi connectivity index (χ0n) is 10.00. The Kier molecular flexibility index (Phi) is 2.76. The summed E-state index contributed by atoms with van der Waals surface area (Å²) in [6.07, 6.45) is -0.811. The van der Waals surface area contributed by atoms with Gasteiger partial charge in [0.1, 0.15) is 5.75 Å². The third-order valence-corrected chi connectivity index (χ3v) is 2.95. The van der Waals surface area contributed by atoms with Gasteiger partial charge in [-0.1, -0.05) is 42.5 Å². The van der Waals surface area contributed by atoms with E-state index in [1.54, 1.807) is 36.4 Å². The molecule has 4 heteroatoms. The van der Waals surface area contributed by atoms with Crippen molar-refractivity contribution in [3.05, 3.63) is 65.7 Å². The van der Waals surface area contributed by atoms with Gasteiger partial charge in [-0.25, -0.2) is 0 Å². The number of benzene rings is 2. The molecule has 0 bridgehead atoms. The van der Waals surface area contributed by atoms with Crippen molar-refractivity contribution in [1.82, 2.24) is 5.32 Å². The van der Waals surface area contributed by atoms with Crippen molar-refractivity contribution in [1.29, 1.82) is 0 Å². The van der Waals surface area contributed by atoms with E-state index in [0.717, 1.165) is 0 Å². The average molecular weight is 253 g/mol. The van der Waals surface area contributed by atoms with E-state index in [4.69, 9.17) is 4.74 Å². The quantitative estimate of drug-likeness (QED) is 0.791. The number of amides is 2. The van der Waals surface area contributed by atoms with Gasteiger partial charge in [0, 0.05) is 5.56 Å². The SMILES string of the molecule is O=C1NC(=O)[C@H](c2ccccc2)Oc2ccccc21. The van der Waals surface area contributed by atoms with Gasteiger partial charge in [-0.3, -0.25) is 14.9 Å². The van der Waals surface area contributed by atoms with Gasteiger partial charge < -0.3 is 4.74 Å². The summed E-state index contributed by atoms with van der Waals surface area (Å²) < 4.78 is 5.69. The highest BCUT2D eigenvalue weighted by Gasteiger charge is 2.30. The molecule has 0 saturated heterocycles. The predicted octanol–water partition coefficient (Wildman–Crippen LogP) is 2.08. The van der Waals surface area contributed by atoms with E-state index < -0.39 is 17.9 Å². The first-order chi connectivity index (χ1) is 9.25. The molecular weight excluding hydrogens is 242 g/mol. The highest BCUT2D eigenvalue weighted by atomic mass is 16.5. The number of carbonyl (C=O) groups excluding carboxylic acids is 2. The monoisotopic (exact) mass is 253 g/mol. The molecule has 0 unspecified atom stereocenters. The highest BCUT2D eigenvalue weighted by molar-refractivity contribution is 6.08. The van der Waals surface area contributed by atoms with Crippen LogP contribution in [0.5, 0.6) is 5.75 Å². The molecule has 1 aliphatic heterocycles. The number of para-hydroxylation sites is 1. The van der Waals surface area contributed by atoms with Crippen LogP contribution in [0.1, 0.15) is 22.0 Å². The summed E-state index contributed by atoms with van der Waals surface area (Å²) in [6, 6.07) is 15.9. The van der Waals surface area contributed by atoms with Gasteiger partial charge in [-0.05, 0) is 12.1 Å². The Morgan fingerprint density at radius 3 is 2.37 bits per heavy atom. The molecule has 1 atom stereocenters. The Bertz CT molecular complexity index is 637. The Labute approximate surface area is 110 Å². The lowest BCUT2D eigenvalue weighted by atomic mass is 10.1. The molecule has 4 nitrogen and oxygen atoms in total. The topological polar surface area (TPSA) is 55.4 Å². The molecule has 3 rings (SSSR count). The lowest BCUT2D eigenvalue weighted by molar-refractivity contribution is -0.126. The second-order valence-electron chi connectivity index (χ2n) is 4.22. The number of rotatable bonds is 1. The summed E-state index contributed by atoms with van der Waals surface area (Å²) >= 11 is 0. The molecule has 0 saturated carbocycles. The number of imide groups is 1. The van der Waals surface area contributed by atoms with Crippen molar-refractivity contribution in [2.24, 2.45) is 0 Å². The molecule has 0 aromatic heterocycles. The molecule has 0 aliphatic carbocycles. The number of hydrogen-bond donors (Lipinski definition) is 1. The first-order valence-corrected chi connectivity index (χ1v) is 5.91. The maximum absolute atomic E-state index is 12.0. The van der Waals surface area contributed by atoms with Crippen LogP contribution in [0, 0.1) is 0 Å². The molecule has 94 valence electrons. The van der Waals surface area contributed by atoms with Crippen LogP contribution >= 0.6 is 0 Å². The van der Waals surface area contributed by atoms with Crippen LogP contribution in [0.25, 0.3) is 0 Å². The smallest absolute Gasteiger partial charge is 0.272 e. The van der Waals surface area contributed by atoms with E-state index in [2.05, 4.69) is 5.32 Å². The molecule has 1 aliphatic rings. The van der Waals surface area contributed by atoms with E-state index in [1.807, 2.05) is 18.2 Å². The van der Waals surface area contributed by atoms with Crippen molar-refractivity contribution in [2.45, 2.75) is 6.10 Å². The second kappa shape index (κ2) is 4.57. The molecule has 2 aromatic rings. The summed E-state index contributed by atoms with van der Waals surface area (Å²) in [5.74, 6) is -0.467. The summed E-state index contributed by atoms with van der Waals surface area (Å²) in [5, 5.41) is 2.34. The van der Waals surface area contributed by atoms with Crippen molar-refractivity contribution in [3.63, 3.8) is 0 Å². The van der Waals surface area contributed by atoms with E-state index in [-0.39, 0.29) is 0 Å². The number of nitrogens with one attached hydrogen (secondary N) is 1. The van der Waals surface area contributed by atoms with Gasteiger partial charge in [0.25, 0.3) is 11.8 Å². The van der Waals surface area contributed by atoms with Gasteiger partial charge >= 0.3 is 0 Å². The van der Waals surface area contributed by atoms with E-state index in [0.29, 0.717) is 16.9 Å². The lowest BCUT2D eigenvalue weighted by Crippen LogP contribution is -2.33. The number of hydrogen-bond acceptors (Lipinski definition) is 3. The van der Waals surface area contributed by atoms with Crippen LogP contribution in [-0.4, -0.2) is 11.8 Å². The summed E-state index contributed by atoms with van der Waals surface area (Å²) in [5.41, 5.74) is 1.08. The van der Waals surface area contributed by atoms with Crippen LogP contribution in [0.4, 0.5) is 0 Å². The maximum atomic E-state index is 12.0. The lowest BCUT2D eigenvalue weighted by Gasteiger charge is -2.15. The van der Waals surface area contributed by atoms with Crippen LogP contribution in [-0.2, 0) is 4.79 Å². The van der Waals surface area contributed by atoms with Gasteiger partial charge in [0.05, 0.1) is 5.56 Å². The third kappa shape index (κ3) is 2.08. The van der Waals surface area contributed by atoms with Gasteiger partial charge in [-0.2, -0.15) is 0 Å². The molecule has 0 fully saturated rings. The zero-order valence-corrected chi connectivity index (χ0v) is 10.00. The fraction of sp³-hybridized carbons (Fsp3) is 0.0667. The van der Waals surface area contributed by atoms with Crippen LogP contribution in [0.2, 0.25) is 0 Å². The molecule has 0 spiro atoms.